The number of hydrogen-bond acceptors (Lipinski definition) is 6. The van der Waals surface area contributed by atoms with Gasteiger partial charge in [-0.1, -0.05) is 49.1 Å². The van der Waals surface area contributed by atoms with E-state index in [1.807, 2.05) is 18.2 Å². The lowest BCUT2D eigenvalue weighted by molar-refractivity contribution is 0.215. The summed E-state index contributed by atoms with van der Waals surface area (Å²) in [7, 11) is 0. The Morgan fingerprint density at radius 2 is 2.00 bits per heavy atom. The zero-order valence-corrected chi connectivity index (χ0v) is 16.2. The topological polar surface area (TPSA) is 87.3 Å². The summed E-state index contributed by atoms with van der Waals surface area (Å²) in [6, 6.07) is 18.1. The molecular weight excluding hydrogens is 362 g/mol. The quantitative estimate of drug-likeness (QED) is 0.624. The van der Waals surface area contributed by atoms with Crippen LogP contribution in [-0.2, 0) is 0 Å². The van der Waals surface area contributed by atoms with Crippen LogP contribution in [0.5, 0.6) is 0 Å². The van der Waals surface area contributed by atoms with Crippen LogP contribution in [0, 0.1) is 0 Å². The van der Waals surface area contributed by atoms with E-state index in [0.29, 0.717) is 17.1 Å². The molecule has 29 heavy (non-hydrogen) atoms. The summed E-state index contributed by atoms with van der Waals surface area (Å²) in [4.78, 5) is 11.1. The van der Waals surface area contributed by atoms with E-state index in [9.17, 15) is 5.11 Å². The number of benzene rings is 1. The molecule has 0 amide bonds. The number of rotatable bonds is 5. The second-order valence-electron chi connectivity index (χ2n) is 7.09. The highest BCUT2D eigenvalue weighted by Crippen LogP contribution is 2.30. The molecular formula is C23H25N5O. The average Bonchev–Trinajstić information content (AvgIpc) is 2.79. The number of nitrogens with two attached hydrogens (primary N) is 1. The number of hydrogen-bond donors (Lipinski definition) is 3. The van der Waals surface area contributed by atoms with Crippen molar-refractivity contribution in [3.05, 3.63) is 89.8 Å². The summed E-state index contributed by atoms with van der Waals surface area (Å²) in [5.74, 6) is 1.13. The van der Waals surface area contributed by atoms with Crippen molar-refractivity contribution in [1.82, 2.24) is 15.3 Å². The van der Waals surface area contributed by atoms with Crippen LogP contribution in [0.15, 0.2) is 67.4 Å². The van der Waals surface area contributed by atoms with E-state index < -0.39 is 6.10 Å². The Kier molecular flexibility index (Phi) is 5.55. The fourth-order valence-corrected chi connectivity index (χ4v) is 3.72. The predicted molar refractivity (Wildman–Crippen MR) is 116 cm³/mol. The number of anilines is 2. The molecule has 0 radical (unpaired) electrons. The van der Waals surface area contributed by atoms with Gasteiger partial charge in [-0.15, -0.1) is 0 Å². The molecule has 4 rings (SSSR count). The maximum atomic E-state index is 11.0. The Hall–Kier alpha value is -3.22. The SMILES string of the molecule is C=Cc1ccc(N2CCN[C@H](c3ccccc3)C2)nc1C(O)c1cccnc1N. The van der Waals surface area contributed by atoms with Gasteiger partial charge in [-0.2, -0.15) is 0 Å². The Balaban J connectivity index is 1.64. The van der Waals surface area contributed by atoms with Crippen LogP contribution in [0.1, 0.15) is 34.5 Å². The van der Waals surface area contributed by atoms with E-state index in [4.69, 9.17) is 10.7 Å². The molecule has 1 aliphatic rings. The van der Waals surface area contributed by atoms with E-state index in [1.54, 1.807) is 24.4 Å². The lowest BCUT2D eigenvalue weighted by Gasteiger charge is -2.35. The standard InChI is InChI=1S/C23H25N5O/c1-2-16-10-11-20(27-21(16)22(29)18-9-6-12-26-23(18)24)28-14-13-25-19(15-28)17-7-4-3-5-8-17/h2-12,19,22,25,29H,1,13-15H2,(H2,24,26)/t19-,22?/m0/s1. The van der Waals surface area contributed by atoms with E-state index >= 15 is 0 Å². The zero-order valence-electron chi connectivity index (χ0n) is 16.2. The second-order valence-corrected chi connectivity index (χ2v) is 7.09. The number of aliphatic hydroxyl groups is 1. The van der Waals surface area contributed by atoms with Crippen molar-refractivity contribution in [3.63, 3.8) is 0 Å². The van der Waals surface area contributed by atoms with E-state index in [2.05, 4.69) is 46.0 Å². The van der Waals surface area contributed by atoms with Gasteiger partial charge in [-0.3, -0.25) is 0 Å². The van der Waals surface area contributed by atoms with E-state index in [-0.39, 0.29) is 6.04 Å². The minimum Gasteiger partial charge on any atom is -0.383 e. The highest BCUT2D eigenvalue weighted by atomic mass is 16.3. The molecule has 0 bridgehead atoms. The molecule has 1 unspecified atom stereocenters. The Bertz CT molecular complexity index is 992. The van der Waals surface area contributed by atoms with Gasteiger partial charge in [0.1, 0.15) is 17.7 Å². The molecule has 3 aromatic rings. The number of nitrogens with zero attached hydrogens (tertiary/aromatic N) is 3. The fraction of sp³-hybridized carbons (Fsp3) is 0.217. The summed E-state index contributed by atoms with van der Waals surface area (Å²) in [5.41, 5.74) is 9.08. The first-order chi connectivity index (χ1) is 14.2. The molecule has 0 spiro atoms. The van der Waals surface area contributed by atoms with Crippen molar-refractivity contribution in [1.29, 1.82) is 0 Å². The highest BCUT2D eigenvalue weighted by molar-refractivity contribution is 5.57. The van der Waals surface area contributed by atoms with Crippen molar-refractivity contribution in [2.75, 3.05) is 30.3 Å². The zero-order chi connectivity index (χ0) is 20.2. The van der Waals surface area contributed by atoms with Crippen molar-refractivity contribution in [2.24, 2.45) is 0 Å². The third-order valence-corrected chi connectivity index (χ3v) is 5.29. The molecule has 1 saturated heterocycles. The summed E-state index contributed by atoms with van der Waals surface area (Å²) in [6.07, 6.45) is 2.34. The Morgan fingerprint density at radius 1 is 1.17 bits per heavy atom. The molecule has 148 valence electrons. The molecule has 1 aliphatic heterocycles. The number of pyridine rings is 2. The van der Waals surface area contributed by atoms with Crippen LogP contribution >= 0.6 is 0 Å². The molecule has 2 aromatic heterocycles. The lowest BCUT2D eigenvalue weighted by atomic mass is 10.0. The van der Waals surface area contributed by atoms with Crippen molar-refractivity contribution >= 4 is 17.7 Å². The van der Waals surface area contributed by atoms with Crippen LogP contribution in [0.25, 0.3) is 6.08 Å². The molecule has 6 heteroatoms. The van der Waals surface area contributed by atoms with Gasteiger partial charge in [-0.05, 0) is 29.3 Å². The average molecular weight is 387 g/mol. The second kappa shape index (κ2) is 8.43. The van der Waals surface area contributed by atoms with Crippen molar-refractivity contribution in [3.8, 4) is 0 Å². The number of aromatic nitrogens is 2. The van der Waals surface area contributed by atoms with Gasteiger partial charge in [0.05, 0.1) is 5.69 Å². The van der Waals surface area contributed by atoms with Gasteiger partial charge in [0.25, 0.3) is 0 Å². The first kappa shape index (κ1) is 19.1. The lowest BCUT2D eigenvalue weighted by Crippen LogP contribution is -2.46. The van der Waals surface area contributed by atoms with Crippen LogP contribution < -0.4 is 16.0 Å². The monoisotopic (exact) mass is 387 g/mol. The van der Waals surface area contributed by atoms with Crippen LogP contribution in [-0.4, -0.2) is 34.7 Å². The van der Waals surface area contributed by atoms with Gasteiger partial charge in [-0.25, -0.2) is 9.97 Å². The number of aliphatic hydroxyl groups excluding tert-OH is 1. The molecule has 6 nitrogen and oxygen atoms in total. The van der Waals surface area contributed by atoms with Gasteiger partial charge in [0.2, 0.25) is 0 Å². The molecule has 0 aliphatic carbocycles. The van der Waals surface area contributed by atoms with Gasteiger partial charge in [0.15, 0.2) is 0 Å². The summed E-state index contributed by atoms with van der Waals surface area (Å²) >= 11 is 0. The first-order valence-corrected chi connectivity index (χ1v) is 9.72. The Morgan fingerprint density at radius 3 is 2.76 bits per heavy atom. The van der Waals surface area contributed by atoms with Crippen molar-refractivity contribution in [2.45, 2.75) is 12.1 Å². The minimum absolute atomic E-state index is 0.230. The highest BCUT2D eigenvalue weighted by Gasteiger charge is 2.24. The smallest absolute Gasteiger partial charge is 0.129 e. The maximum Gasteiger partial charge on any atom is 0.129 e. The van der Waals surface area contributed by atoms with Crippen LogP contribution in [0.2, 0.25) is 0 Å². The van der Waals surface area contributed by atoms with Gasteiger partial charge >= 0.3 is 0 Å². The normalized spacial score (nSPS) is 17.7. The number of piperazine rings is 1. The van der Waals surface area contributed by atoms with Gasteiger partial charge in [0, 0.05) is 37.4 Å². The predicted octanol–water partition coefficient (Wildman–Crippen LogP) is 2.93. The summed E-state index contributed by atoms with van der Waals surface area (Å²) in [6.45, 7) is 6.36. The maximum absolute atomic E-state index is 11.0. The minimum atomic E-state index is -0.968. The molecule has 4 N–H and O–H groups in total. The first-order valence-electron chi connectivity index (χ1n) is 9.72. The number of nitrogens with one attached hydrogen (secondary N) is 1. The molecule has 3 heterocycles. The molecule has 2 atom stereocenters. The fourth-order valence-electron chi connectivity index (χ4n) is 3.72. The summed E-state index contributed by atoms with van der Waals surface area (Å²) in [5, 5.41) is 14.5. The largest absolute Gasteiger partial charge is 0.383 e. The molecule has 1 aromatic carbocycles. The van der Waals surface area contributed by atoms with Crippen molar-refractivity contribution < 1.29 is 5.11 Å². The molecule has 1 fully saturated rings. The Labute approximate surface area is 170 Å². The van der Waals surface area contributed by atoms with Crippen LogP contribution in [0.3, 0.4) is 0 Å². The van der Waals surface area contributed by atoms with Crippen LogP contribution in [0.4, 0.5) is 11.6 Å². The third kappa shape index (κ3) is 3.99. The number of nitrogen functional groups attached to an aromatic ring is 1. The molecule has 0 saturated carbocycles. The van der Waals surface area contributed by atoms with E-state index in [0.717, 1.165) is 31.0 Å². The third-order valence-electron chi connectivity index (χ3n) is 5.29. The summed E-state index contributed by atoms with van der Waals surface area (Å²) < 4.78 is 0. The van der Waals surface area contributed by atoms with Gasteiger partial charge < -0.3 is 21.1 Å². The van der Waals surface area contributed by atoms with E-state index in [1.165, 1.54) is 5.56 Å².